The van der Waals surface area contributed by atoms with Crippen LogP contribution in [0.3, 0.4) is 0 Å². The van der Waals surface area contributed by atoms with Crippen LogP contribution in [0.5, 0.6) is 5.75 Å². The SMILES string of the molecule is O=C(NCCCOc1ccccc1Cl)Nc1ccccc1[N+](=O)[O-]. The second-order valence-corrected chi connectivity index (χ2v) is 5.19. The van der Waals surface area contributed by atoms with Gasteiger partial charge in [-0.15, -0.1) is 0 Å². The van der Waals surface area contributed by atoms with E-state index >= 15 is 0 Å². The van der Waals surface area contributed by atoms with E-state index < -0.39 is 11.0 Å². The van der Waals surface area contributed by atoms with E-state index in [0.29, 0.717) is 30.3 Å². The van der Waals surface area contributed by atoms with Crippen LogP contribution >= 0.6 is 11.6 Å². The number of nitrogens with zero attached hydrogens (tertiary/aromatic N) is 1. The number of ether oxygens (including phenoxy) is 1. The van der Waals surface area contributed by atoms with Crippen LogP contribution in [0.4, 0.5) is 16.2 Å². The fourth-order valence-corrected chi connectivity index (χ4v) is 2.11. The lowest BCUT2D eigenvalue weighted by molar-refractivity contribution is -0.383. The lowest BCUT2D eigenvalue weighted by Gasteiger charge is -2.09. The van der Waals surface area contributed by atoms with Gasteiger partial charge in [-0.2, -0.15) is 0 Å². The molecule has 126 valence electrons. The number of hydrogen-bond donors (Lipinski definition) is 2. The van der Waals surface area contributed by atoms with Gasteiger partial charge in [0.05, 0.1) is 16.6 Å². The predicted molar refractivity (Wildman–Crippen MR) is 91.7 cm³/mol. The molecule has 8 heteroatoms. The van der Waals surface area contributed by atoms with E-state index in [2.05, 4.69) is 10.6 Å². The number of nitrogens with one attached hydrogen (secondary N) is 2. The van der Waals surface area contributed by atoms with Gasteiger partial charge in [0.25, 0.3) is 5.69 Å². The van der Waals surface area contributed by atoms with E-state index in [1.807, 2.05) is 12.1 Å². The Morgan fingerprint density at radius 3 is 2.62 bits per heavy atom. The van der Waals surface area contributed by atoms with Gasteiger partial charge in [-0.25, -0.2) is 4.79 Å². The fraction of sp³-hybridized carbons (Fsp3) is 0.188. The number of nitro benzene ring substituents is 1. The molecule has 0 aromatic heterocycles. The summed E-state index contributed by atoms with van der Waals surface area (Å²) in [6.07, 6.45) is 0.565. The van der Waals surface area contributed by atoms with Crippen molar-refractivity contribution in [2.24, 2.45) is 0 Å². The lowest BCUT2D eigenvalue weighted by Crippen LogP contribution is -2.30. The highest BCUT2D eigenvalue weighted by atomic mass is 35.5. The number of benzene rings is 2. The van der Waals surface area contributed by atoms with E-state index in [-0.39, 0.29) is 11.4 Å². The average molecular weight is 350 g/mol. The summed E-state index contributed by atoms with van der Waals surface area (Å²) in [4.78, 5) is 22.1. The lowest BCUT2D eigenvalue weighted by atomic mass is 10.3. The summed E-state index contributed by atoms with van der Waals surface area (Å²) >= 11 is 5.96. The maximum absolute atomic E-state index is 11.8. The number of amides is 2. The monoisotopic (exact) mass is 349 g/mol. The van der Waals surface area contributed by atoms with Crippen LogP contribution in [0.15, 0.2) is 48.5 Å². The van der Waals surface area contributed by atoms with Gasteiger partial charge in [0.1, 0.15) is 11.4 Å². The van der Waals surface area contributed by atoms with Gasteiger partial charge < -0.3 is 15.4 Å². The third kappa shape index (κ3) is 5.13. The molecule has 0 saturated heterocycles. The Bertz CT molecular complexity index is 724. The number of rotatable bonds is 7. The molecule has 2 amide bonds. The molecule has 2 N–H and O–H groups in total. The summed E-state index contributed by atoms with van der Waals surface area (Å²) < 4.78 is 5.49. The minimum absolute atomic E-state index is 0.146. The number of para-hydroxylation sites is 3. The molecule has 0 radical (unpaired) electrons. The number of nitro groups is 1. The first-order valence-corrected chi connectivity index (χ1v) is 7.61. The quantitative estimate of drug-likeness (QED) is 0.451. The first-order chi connectivity index (χ1) is 11.6. The fourth-order valence-electron chi connectivity index (χ4n) is 1.92. The van der Waals surface area contributed by atoms with Crippen molar-refractivity contribution in [3.8, 4) is 5.75 Å². The zero-order chi connectivity index (χ0) is 17.4. The molecule has 0 saturated carbocycles. The molecular formula is C16H16ClN3O4. The van der Waals surface area contributed by atoms with Crippen molar-refractivity contribution in [1.29, 1.82) is 0 Å². The minimum Gasteiger partial charge on any atom is -0.492 e. The first kappa shape index (κ1) is 17.6. The number of carbonyl (C=O) groups is 1. The maximum Gasteiger partial charge on any atom is 0.319 e. The molecule has 2 aromatic carbocycles. The Balaban J connectivity index is 1.72. The van der Waals surface area contributed by atoms with Crippen molar-refractivity contribution in [2.45, 2.75) is 6.42 Å². The standard InChI is InChI=1S/C16H16ClN3O4/c17-12-6-1-4-9-15(12)24-11-5-10-18-16(21)19-13-7-2-3-8-14(13)20(22)23/h1-4,6-9H,5,10-11H2,(H2,18,19,21). The zero-order valence-electron chi connectivity index (χ0n) is 12.7. The van der Waals surface area contributed by atoms with Gasteiger partial charge in [0.15, 0.2) is 0 Å². The Morgan fingerprint density at radius 2 is 1.88 bits per heavy atom. The molecule has 2 rings (SSSR count). The van der Waals surface area contributed by atoms with Gasteiger partial charge in [-0.3, -0.25) is 10.1 Å². The highest BCUT2D eigenvalue weighted by Crippen LogP contribution is 2.23. The smallest absolute Gasteiger partial charge is 0.319 e. The molecule has 2 aromatic rings. The predicted octanol–water partition coefficient (Wildman–Crippen LogP) is 3.84. The van der Waals surface area contributed by atoms with Crippen LogP contribution < -0.4 is 15.4 Å². The summed E-state index contributed by atoms with van der Waals surface area (Å²) in [7, 11) is 0. The Morgan fingerprint density at radius 1 is 1.17 bits per heavy atom. The van der Waals surface area contributed by atoms with Crippen LogP contribution in [-0.4, -0.2) is 24.1 Å². The van der Waals surface area contributed by atoms with E-state index in [4.69, 9.17) is 16.3 Å². The Kier molecular flexibility index (Phi) is 6.39. The first-order valence-electron chi connectivity index (χ1n) is 7.23. The topological polar surface area (TPSA) is 93.5 Å². The van der Waals surface area contributed by atoms with E-state index in [9.17, 15) is 14.9 Å². The van der Waals surface area contributed by atoms with Crippen LogP contribution in [0.25, 0.3) is 0 Å². The maximum atomic E-state index is 11.8. The molecule has 0 heterocycles. The molecule has 24 heavy (non-hydrogen) atoms. The second kappa shape index (κ2) is 8.73. The van der Waals surface area contributed by atoms with Crippen LogP contribution in [-0.2, 0) is 0 Å². The number of hydrogen-bond acceptors (Lipinski definition) is 4. The van der Waals surface area contributed by atoms with Gasteiger partial charge >= 0.3 is 6.03 Å². The average Bonchev–Trinajstić information content (AvgIpc) is 2.56. The summed E-state index contributed by atoms with van der Waals surface area (Å²) in [6, 6.07) is 12.6. The van der Waals surface area contributed by atoms with Gasteiger partial charge in [-0.1, -0.05) is 35.9 Å². The van der Waals surface area contributed by atoms with Crippen molar-refractivity contribution < 1.29 is 14.5 Å². The highest BCUT2D eigenvalue weighted by molar-refractivity contribution is 6.32. The van der Waals surface area contributed by atoms with Crippen molar-refractivity contribution in [3.63, 3.8) is 0 Å². The molecule has 0 bridgehead atoms. The van der Waals surface area contributed by atoms with E-state index in [1.54, 1.807) is 18.2 Å². The molecule has 0 unspecified atom stereocenters. The molecule has 0 fully saturated rings. The molecule has 0 atom stereocenters. The number of halogens is 1. The third-order valence-corrected chi connectivity index (χ3v) is 3.36. The molecule has 0 spiro atoms. The molecule has 0 aliphatic rings. The molecule has 0 aliphatic heterocycles. The van der Waals surface area contributed by atoms with Gasteiger partial charge in [0.2, 0.25) is 0 Å². The van der Waals surface area contributed by atoms with Gasteiger partial charge in [0, 0.05) is 12.6 Å². The van der Waals surface area contributed by atoms with Crippen molar-refractivity contribution in [3.05, 3.63) is 63.7 Å². The summed E-state index contributed by atoms with van der Waals surface area (Å²) in [6.45, 7) is 0.742. The summed E-state index contributed by atoms with van der Waals surface area (Å²) in [5, 5.41) is 16.5. The zero-order valence-corrected chi connectivity index (χ0v) is 13.5. The van der Waals surface area contributed by atoms with Crippen molar-refractivity contribution in [2.75, 3.05) is 18.5 Å². The van der Waals surface area contributed by atoms with Crippen molar-refractivity contribution >= 4 is 29.0 Å². The third-order valence-electron chi connectivity index (χ3n) is 3.05. The largest absolute Gasteiger partial charge is 0.492 e. The summed E-state index contributed by atoms with van der Waals surface area (Å²) in [5.74, 6) is 0.587. The normalized spacial score (nSPS) is 10.0. The van der Waals surface area contributed by atoms with E-state index in [0.717, 1.165) is 0 Å². The summed E-state index contributed by atoms with van der Waals surface area (Å²) in [5.41, 5.74) is -0.0120. The van der Waals surface area contributed by atoms with E-state index in [1.165, 1.54) is 18.2 Å². The van der Waals surface area contributed by atoms with Crippen LogP contribution in [0.2, 0.25) is 5.02 Å². The second-order valence-electron chi connectivity index (χ2n) is 4.79. The molecule has 0 aliphatic carbocycles. The Labute approximate surface area is 143 Å². The highest BCUT2D eigenvalue weighted by Gasteiger charge is 2.14. The van der Waals surface area contributed by atoms with Crippen LogP contribution in [0, 0.1) is 10.1 Å². The molecular weight excluding hydrogens is 334 g/mol. The van der Waals surface area contributed by atoms with Crippen LogP contribution in [0.1, 0.15) is 6.42 Å². The molecule has 7 nitrogen and oxygen atoms in total. The number of carbonyl (C=O) groups excluding carboxylic acids is 1. The van der Waals surface area contributed by atoms with Crippen molar-refractivity contribution in [1.82, 2.24) is 5.32 Å². The number of anilines is 1. The number of urea groups is 1. The minimum atomic E-state index is -0.549. The van der Waals surface area contributed by atoms with Gasteiger partial charge in [-0.05, 0) is 24.6 Å². The Hall–Kier alpha value is -2.80.